The maximum absolute atomic E-state index is 12.2. The summed E-state index contributed by atoms with van der Waals surface area (Å²) < 4.78 is 27.1. The van der Waals surface area contributed by atoms with E-state index in [2.05, 4.69) is 9.62 Å². The Morgan fingerprint density at radius 1 is 1.50 bits per heavy atom. The van der Waals surface area contributed by atoms with E-state index in [-0.39, 0.29) is 4.90 Å². The molecule has 1 aromatic carbocycles. The van der Waals surface area contributed by atoms with Crippen LogP contribution in [-0.4, -0.2) is 40.0 Å². The van der Waals surface area contributed by atoms with Crippen molar-refractivity contribution in [1.82, 2.24) is 9.62 Å². The first kappa shape index (κ1) is 15.0. The van der Waals surface area contributed by atoms with E-state index in [0.29, 0.717) is 23.6 Å². The molecule has 0 bridgehead atoms. The van der Waals surface area contributed by atoms with Crippen LogP contribution in [0.3, 0.4) is 0 Å². The molecular formula is C14H19N3O2S. The number of nitriles is 1. The molecule has 1 fully saturated rings. The Bertz CT molecular complexity index is 634. The second-order valence-corrected chi connectivity index (χ2v) is 7.12. The Balaban J connectivity index is 2.07. The molecule has 0 aromatic heterocycles. The highest BCUT2D eigenvalue weighted by atomic mass is 32.2. The minimum absolute atomic E-state index is 0.223. The van der Waals surface area contributed by atoms with Crippen molar-refractivity contribution in [3.63, 3.8) is 0 Å². The summed E-state index contributed by atoms with van der Waals surface area (Å²) in [6.45, 7) is 4.15. The Hall–Kier alpha value is -1.42. The van der Waals surface area contributed by atoms with Gasteiger partial charge in [-0.05, 0) is 56.6 Å². The highest BCUT2D eigenvalue weighted by molar-refractivity contribution is 7.89. The number of sulfonamides is 1. The van der Waals surface area contributed by atoms with Crippen LogP contribution < -0.4 is 4.72 Å². The quantitative estimate of drug-likeness (QED) is 0.902. The third-order valence-corrected chi connectivity index (χ3v) is 5.10. The van der Waals surface area contributed by atoms with Crippen LogP contribution in [0.4, 0.5) is 0 Å². The monoisotopic (exact) mass is 293 g/mol. The molecule has 1 N–H and O–H groups in total. The van der Waals surface area contributed by atoms with E-state index < -0.39 is 10.0 Å². The molecule has 0 aliphatic carbocycles. The molecule has 1 heterocycles. The first-order chi connectivity index (χ1) is 9.42. The minimum atomic E-state index is -3.49. The molecule has 20 heavy (non-hydrogen) atoms. The van der Waals surface area contributed by atoms with Gasteiger partial charge in [0, 0.05) is 13.1 Å². The SMILES string of the molecule is Cc1cc(S(=O)(=O)NCC2CCN(C)C2)ccc1C#N. The largest absolute Gasteiger partial charge is 0.306 e. The van der Waals surface area contributed by atoms with Crippen molar-refractivity contribution in [2.24, 2.45) is 5.92 Å². The van der Waals surface area contributed by atoms with Gasteiger partial charge in [0.05, 0.1) is 16.5 Å². The van der Waals surface area contributed by atoms with Gasteiger partial charge in [-0.25, -0.2) is 13.1 Å². The van der Waals surface area contributed by atoms with Crippen molar-refractivity contribution in [1.29, 1.82) is 5.26 Å². The molecule has 2 rings (SSSR count). The van der Waals surface area contributed by atoms with Crippen molar-refractivity contribution in [2.45, 2.75) is 18.2 Å². The average Bonchev–Trinajstić information content (AvgIpc) is 2.82. The first-order valence-electron chi connectivity index (χ1n) is 6.61. The summed E-state index contributed by atoms with van der Waals surface area (Å²) in [5.41, 5.74) is 1.18. The summed E-state index contributed by atoms with van der Waals surface area (Å²) in [5.74, 6) is 0.370. The van der Waals surface area contributed by atoms with Crippen LogP contribution in [0.15, 0.2) is 23.1 Å². The van der Waals surface area contributed by atoms with E-state index in [0.717, 1.165) is 19.5 Å². The van der Waals surface area contributed by atoms with Crippen LogP contribution in [-0.2, 0) is 10.0 Å². The lowest BCUT2D eigenvalue weighted by Crippen LogP contribution is -2.30. The molecule has 1 aliphatic heterocycles. The molecular weight excluding hydrogens is 274 g/mol. The van der Waals surface area contributed by atoms with Gasteiger partial charge in [0.25, 0.3) is 0 Å². The molecule has 0 saturated carbocycles. The Kier molecular flexibility index (Phi) is 4.43. The van der Waals surface area contributed by atoms with Crippen LogP contribution in [0.25, 0.3) is 0 Å². The smallest absolute Gasteiger partial charge is 0.240 e. The van der Waals surface area contributed by atoms with E-state index >= 15 is 0 Å². The molecule has 1 saturated heterocycles. The van der Waals surface area contributed by atoms with Gasteiger partial charge in [0.2, 0.25) is 10.0 Å². The summed E-state index contributed by atoms with van der Waals surface area (Å²) >= 11 is 0. The molecule has 6 heteroatoms. The second kappa shape index (κ2) is 5.92. The van der Waals surface area contributed by atoms with Crippen LogP contribution >= 0.6 is 0 Å². The summed E-state index contributed by atoms with van der Waals surface area (Å²) in [6.07, 6.45) is 1.02. The number of rotatable bonds is 4. The van der Waals surface area contributed by atoms with E-state index in [1.807, 2.05) is 13.1 Å². The lowest BCUT2D eigenvalue weighted by Gasteiger charge is -2.12. The number of benzene rings is 1. The molecule has 0 radical (unpaired) electrons. The van der Waals surface area contributed by atoms with Gasteiger partial charge in [0.1, 0.15) is 0 Å². The van der Waals surface area contributed by atoms with Crippen molar-refractivity contribution in [3.8, 4) is 6.07 Å². The zero-order valence-corrected chi connectivity index (χ0v) is 12.6. The fraction of sp³-hybridized carbons (Fsp3) is 0.500. The van der Waals surface area contributed by atoms with Gasteiger partial charge in [-0.1, -0.05) is 0 Å². The lowest BCUT2D eigenvalue weighted by molar-refractivity contribution is 0.394. The fourth-order valence-corrected chi connectivity index (χ4v) is 3.63. The van der Waals surface area contributed by atoms with Crippen LogP contribution in [0.1, 0.15) is 17.5 Å². The summed E-state index contributed by atoms with van der Waals surface area (Å²) in [7, 11) is -1.45. The molecule has 108 valence electrons. The molecule has 1 aromatic rings. The van der Waals surface area contributed by atoms with Gasteiger partial charge in [0.15, 0.2) is 0 Å². The highest BCUT2D eigenvalue weighted by Gasteiger charge is 2.22. The van der Waals surface area contributed by atoms with Crippen molar-refractivity contribution >= 4 is 10.0 Å². The summed E-state index contributed by atoms with van der Waals surface area (Å²) in [5, 5.41) is 8.86. The van der Waals surface area contributed by atoms with E-state index in [1.54, 1.807) is 19.1 Å². The number of nitrogens with one attached hydrogen (secondary N) is 1. The second-order valence-electron chi connectivity index (χ2n) is 5.36. The van der Waals surface area contributed by atoms with Gasteiger partial charge in [-0.3, -0.25) is 0 Å². The molecule has 0 amide bonds. The molecule has 0 spiro atoms. The third-order valence-electron chi connectivity index (χ3n) is 3.68. The summed E-state index contributed by atoms with van der Waals surface area (Å²) in [6, 6.07) is 6.61. The molecule has 1 atom stereocenters. The normalized spacial score (nSPS) is 19.9. The molecule has 1 unspecified atom stereocenters. The lowest BCUT2D eigenvalue weighted by atomic mass is 10.1. The number of hydrogen-bond donors (Lipinski definition) is 1. The molecule has 1 aliphatic rings. The van der Waals surface area contributed by atoms with Crippen LogP contribution in [0, 0.1) is 24.2 Å². The van der Waals surface area contributed by atoms with Gasteiger partial charge in [-0.2, -0.15) is 5.26 Å². The summed E-state index contributed by atoms with van der Waals surface area (Å²) in [4.78, 5) is 2.42. The van der Waals surface area contributed by atoms with Gasteiger partial charge < -0.3 is 4.90 Å². The van der Waals surface area contributed by atoms with Gasteiger partial charge in [-0.15, -0.1) is 0 Å². The maximum atomic E-state index is 12.2. The number of hydrogen-bond acceptors (Lipinski definition) is 4. The zero-order chi connectivity index (χ0) is 14.8. The predicted octanol–water partition coefficient (Wildman–Crippen LogP) is 1.10. The Morgan fingerprint density at radius 2 is 2.25 bits per heavy atom. The van der Waals surface area contributed by atoms with E-state index in [4.69, 9.17) is 5.26 Å². The standard InChI is InChI=1S/C14H19N3O2S/c1-11-7-14(4-3-13(11)8-15)20(18,19)16-9-12-5-6-17(2)10-12/h3-4,7,12,16H,5-6,9-10H2,1-2H3. The van der Waals surface area contributed by atoms with Crippen LogP contribution in [0.5, 0.6) is 0 Å². The van der Waals surface area contributed by atoms with Gasteiger partial charge >= 0.3 is 0 Å². The number of nitrogens with zero attached hydrogens (tertiary/aromatic N) is 2. The Morgan fingerprint density at radius 3 is 2.80 bits per heavy atom. The number of likely N-dealkylation sites (tertiary alicyclic amines) is 1. The number of aryl methyl sites for hydroxylation is 1. The highest BCUT2D eigenvalue weighted by Crippen LogP contribution is 2.17. The van der Waals surface area contributed by atoms with Crippen LogP contribution in [0.2, 0.25) is 0 Å². The van der Waals surface area contributed by atoms with E-state index in [1.165, 1.54) is 6.07 Å². The van der Waals surface area contributed by atoms with Crippen molar-refractivity contribution in [2.75, 3.05) is 26.7 Å². The topological polar surface area (TPSA) is 73.2 Å². The van der Waals surface area contributed by atoms with Crippen molar-refractivity contribution < 1.29 is 8.42 Å². The fourth-order valence-electron chi connectivity index (χ4n) is 2.43. The van der Waals surface area contributed by atoms with E-state index in [9.17, 15) is 8.42 Å². The molecule has 5 nitrogen and oxygen atoms in total. The average molecular weight is 293 g/mol. The maximum Gasteiger partial charge on any atom is 0.240 e. The third kappa shape index (κ3) is 3.37. The minimum Gasteiger partial charge on any atom is -0.306 e. The zero-order valence-electron chi connectivity index (χ0n) is 11.8. The Labute approximate surface area is 120 Å². The van der Waals surface area contributed by atoms with Crippen molar-refractivity contribution in [3.05, 3.63) is 29.3 Å². The first-order valence-corrected chi connectivity index (χ1v) is 8.09. The predicted molar refractivity (Wildman–Crippen MR) is 76.7 cm³/mol.